The van der Waals surface area contributed by atoms with E-state index in [0.717, 1.165) is 31.4 Å². The van der Waals surface area contributed by atoms with Crippen molar-refractivity contribution in [1.29, 1.82) is 0 Å². The molecule has 1 unspecified atom stereocenters. The van der Waals surface area contributed by atoms with Crippen molar-refractivity contribution >= 4 is 11.7 Å². The standard InChI is InChI=1S/C16H25NO3/c1-3-5-6-13(4-2)16(18)20-12-11-19-15-9-7-14(17)8-10-15/h7-10,13H,3-6,11-12,17H2,1-2H3. The fourth-order valence-corrected chi connectivity index (χ4v) is 1.92. The third-order valence-corrected chi connectivity index (χ3v) is 3.21. The fraction of sp³-hybridized carbons (Fsp3) is 0.562. The number of rotatable bonds is 9. The summed E-state index contributed by atoms with van der Waals surface area (Å²) in [7, 11) is 0. The van der Waals surface area contributed by atoms with Crippen LogP contribution in [0.3, 0.4) is 0 Å². The molecule has 0 saturated carbocycles. The first kappa shape index (κ1) is 16.3. The molecule has 0 amide bonds. The van der Waals surface area contributed by atoms with Gasteiger partial charge in [-0.05, 0) is 37.1 Å². The number of ether oxygens (including phenoxy) is 2. The third-order valence-electron chi connectivity index (χ3n) is 3.21. The van der Waals surface area contributed by atoms with E-state index >= 15 is 0 Å². The van der Waals surface area contributed by atoms with Crippen LogP contribution in [0.1, 0.15) is 39.5 Å². The second-order valence-electron chi connectivity index (χ2n) is 4.83. The molecule has 112 valence electrons. The smallest absolute Gasteiger partial charge is 0.309 e. The van der Waals surface area contributed by atoms with Gasteiger partial charge in [0.1, 0.15) is 19.0 Å². The summed E-state index contributed by atoms with van der Waals surface area (Å²) in [6.07, 6.45) is 3.90. The van der Waals surface area contributed by atoms with Crippen molar-refractivity contribution < 1.29 is 14.3 Å². The highest BCUT2D eigenvalue weighted by Gasteiger charge is 2.16. The first-order chi connectivity index (χ1) is 9.67. The van der Waals surface area contributed by atoms with Crippen LogP contribution in [0.15, 0.2) is 24.3 Å². The fourth-order valence-electron chi connectivity index (χ4n) is 1.92. The maximum atomic E-state index is 11.8. The summed E-state index contributed by atoms with van der Waals surface area (Å²) in [6.45, 7) is 4.79. The van der Waals surface area contributed by atoms with E-state index in [1.807, 2.05) is 6.92 Å². The molecule has 0 aromatic heterocycles. The van der Waals surface area contributed by atoms with E-state index in [1.165, 1.54) is 0 Å². The van der Waals surface area contributed by atoms with E-state index < -0.39 is 0 Å². The largest absolute Gasteiger partial charge is 0.490 e. The highest BCUT2D eigenvalue weighted by molar-refractivity contribution is 5.72. The highest BCUT2D eigenvalue weighted by atomic mass is 16.6. The van der Waals surface area contributed by atoms with E-state index in [4.69, 9.17) is 15.2 Å². The number of nitrogen functional groups attached to an aromatic ring is 1. The minimum absolute atomic E-state index is 0.0199. The molecule has 0 spiro atoms. The van der Waals surface area contributed by atoms with Gasteiger partial charge in [0.15, 0.2) is 0 Å². The van der Waals surface area contributed by atoms with Crippen LogP contribution in [0.5, 0.6) is 5.75 Å². The monoisotopic (exact) mass is 279 g/mol. The van der Waals surface area contributed by atoms with Crippen LogP contribution in [0.2, 0.25) is 0 Å². The quantitative estimate of drug-likeness (QED) is 0.427. The normalized spacial score (nSPS) is 11.9. The number of hydrogen-bond acceptors (Lipinski definition) is 4. The first-order valence-electron chi connectivity index (χ1n) is 7.32. The Morgan fingerprint density at radius 3 is 2.50 bits per heavy atom. The predicted octanol–water partition coefficient (Wildman–Crippen LogP) is 3.41. The maximum Gasteiger partial charge on any atom is 0.309 e. The summed E-state index contributed by atoms with van der Waals surface area (Å²) in [4.78, 5) is 11.8. The summed E-state index contributed by atoms with van der Waals surface area (Å²) < 4.78 is 10.7. The Hall–Kier alpha value is -1.71. The van der Waals surface area contributed by atoms with Gasteiger partial charge in [-0.15, -0.1) is 0 Å². The Morgan fingerprint density at radius 1 is 1.20 bits per heavy atom. The van der Waals surface area contributed by atoms with Crippen molar-refractivity contribution in [3.05, 3.63) is 24.3 Å². The van der Waals surface area contributed by atoms with E-state index in [0.29, 0.717) is 12.3 Å². The molecular weight excluding hydrogens is 254 g/mol. The van der Waals surface area contributed by atoms with Gasteiger partial charge in [-0.25, -0.2) is 0 Å². The zero-order chi connectivity index (χ0) is 14.8. The lowest BCUT2D eigenvalue weighted by molar-refractivity contribution is -0.149. The van der Waals surface area contributed by atoms with Crippen molar-refractivity contribution in [1.82, 2.24) is 0 Å². The van der Waals surface area contributed by atoms with Gasteiger partial charge in [0.2, 0.25) is 0 Å². The molecule has 0 heterocycles. The molecule has 20 heavy (non-hydrogen) atoms. The molecule has 2 N–H and O–H groups in total. The van der Waals surface area contributed by atoms with Crippen molar-refractivity contribution in [2.75, 3.05) is 18.9 Å². The molecule has 1 aromatic rings. The second kappa shape index (κ2) is 9.23. The van der Waals surface area contributed by atoms with Gasteiger partial charge >= 0.3 is 5.97 Å². The van der Waals surface area contributed by atoms with Crippen LogP contribution in [0, 0.1) is 5.92 Å². The number of hydrogen-bond donors (Lipinski definition) is 1. The summed E-state index contributed by atoms with van der Waals surface area (Å²) in [5.74, 6) is 0.640. The lowest BCUT2D eigenvalue weighted by atomic mass is 10.00. The molecule has 0 aliphatic heterocycles. The molecule has 4 nitrogen and oxygen atoms in total. The van der Waals surface area contributed by atoms with Crippen molar-refractivity contribution in [2.24, 2.45) is 5.92 Å². The van der Waals surface area contributed by atoms with Crippen LogP contribution in [0.4, 0.5) is 5.69 Å². The van der Waals surface area contributed by atoms with E-state index in [2.05, 4.69) is 6.92 Å². The Balaban J connectivity index is 2.22. The predicted molar refractivity (Wildman–Crippen MR) is 80.6 cm³/mol. The lowest BCUT2D eigenvalue weighted by Gasteiger charge is -2.14. The summed E-state index contributed by atoms with van der Waals surface area (Å²) >= 11 is 0. The molecule has 0 bridgehead atoms. The lowest BCUT2D eigenvalue weighted by Crippen LogP contribution is -2.20. The van der Waals surface area contributed by atoms with Crippen molar-refractivity contribution in [3.63, 3.8) is 0 Å². The van der Waals surface area contributed by atoms with Gasteiger partial charge in [0.05, 0.1) is 5.92 Å². The molecule has 0 aliphatic rings. The summed E-state index contributed by atoms with van der Waals surface area (Å²) in [5, 5.41) is 0. The van der Waals surface area contributed by atoms with Crippen LogP contribution in [-0.2, 0) is 9.53 Å². The maximum absolute atomic E-state index is 11.8. The average Bonchev–Trinajstić information content (AvgIpc) is 2.46. The molecule has 4 heteroatoms. The number of unbranched alkanes of at least 4 members (excludes halogenated alkanes) is 1. The van der Waals surface area contributed by atoms with Crippen LogP contribution < -0.4 is 10.5 Å². The number of carbonyl (C=O) groups excluding carboxylic acids is 1. The molecule has 1 rings (SSSR count). The Bertz CT molecular complexity index is 389. The van der Waals surface area contributed by atoms with Gasteiger partial charge in [-0.3, -0.25) is 4.79 Å². The molecule has 0 saturated heterocycles. The number of anilines is 1. The van der Waals surface area contributed by atoms with Crippen LogP contribution in [-0.4, -0.2) is 19.2 Å². The number of carbonyl (C=O) groups is 1. The summed E-state index contributed by atoms with van der Waals surface area (Å²) in [5.41, 5.74) is 6.28. The third kappa shape index (κ3) is 5.95. The van der Waals surface area contributed by atoms with Gasteiger partial charge < -0.3 is 15.2 Å². The zero-order valence-corrected chi connectivity index (χ0v) is 12.4. The summed E-state index contributed by atoms with van der Waals surface area (Å²) in [6, 6.07) is 7.15. The SMILES string of the molecule is CCCCC(CC)C(=O)OCCOc1ccc(N)cc1. The molecular formula is C16H25NO3. The van der Waals surface area contributed by atoms with Crippen molar-refractivity contribution in [2.45, 2.75) is 39.5 Å². The number of benzene rings is 1. The topological polar surface area (TPSA) is 61.5 Å². The van der Waals surface area contributed by atoms with Gasteiger partial charge in [0.25, 0.3) is 0 Å². The van der Waals surface area contributed by atoms with Gasteiger partial charge in [-0.1, -0.05) is 26.7 Å². The van der Waals surface area contributed by atoms with Gasteiger partial charge in [0, 0.05) is 5.69 Å². The molecule has 1 atom stereocenters. The average molecular weight is 279 g/mol. The van der Waals surface area contributed by atoms with Crippen LogP contribution >= 0.6 is 0 Å². The van der Waals surface area contributed by atoms with E-state index in [-0.39, 0.29) is 18.5 Å². The molecule has 0 fully saturated rings. The Labute approximate surface area is 121 Å². The van der Waals surface area contributed by atoms with Crippen LogP contribution in [0.25, 0.3) is 0 Å². The first-order valence-corrected chi connectivity index (χ1v) is 7.32. The zero-order valence-electron chi connectivity index (χ0n) is 12.4. The number of esters is 1. The minimum Gasteiger partial charge on any atom is -0.490 e. The Kier molecular flexibility index (Phi) is 7.55. The number of nitrogens with two attached hydrogens (primary N) is 1. The van der Waals surface area contributed by atoms with Crippen molar-refractivity contribution in [3.8, 4) is 5.75 Å². The Morgan fingerprint density at radius 2 is 1.90 bits per heavy atom. The second-order valence-corrected chi connectivity index (χ2v) is 4.83. The highest BCUT2D eigenvalue weighted by Crippen LogP contribution is 2.15. The molecule has 1 aromatic carbocycles. The van der Waals surface area contributed by atoms with Gasteiger partial charge in [-0.2, -0.15) is 0 Å². The minimum atomic E-state index is -0.109. The van der Waals surface area contributed by atoms with E-state index in [1.54, 1.807) is 24.3 Å². The molecule has 0 aliphatic carbocycles. The van der Waals surface area contributed by atoms with E-state index in [9.17, 15) is 4.79 Å². The molecule has 0 radical (unpaired) electrons.